The van der Waals surface area contributed by atoms with Crippen molar-refractivity contribution < 1.29 is 31.8 Å². The van der Waals surface area contributed by atoms with Crippen LogP contribution in [0.15, 0.2) is 289 Å². The third-order valence-electron chi connectivity index (χ3n) is 18.3. The molecule has 0 N–H and O–H groups in total. The molecule has 0 bridgehead atoms. The molecule has 0 unspecified atom stereocenters. The van der Waals surface area contributed by atoms with E-state index < -0.39 is 138 Å². The molecule has 2 aliphatic rings. The molecule has 0 saturated carbocycles. The molecule has 0 saturated heterocycles. The zero-order valence-electron chi connectivity index (χ0n) is 70.9. The van der Waals surface area contributed by atoms with Crippen LogP contribution in [0.3, 0.4) is 0 Å². The fourth-order valence-electron chi connectivity index (χ4n) is 13.9. The van der Waals surface area contributed by atoms with E-state index in [1.165, 1.54) is 10.6 Å². The fraction of sp³-hybridized carbons (Fsp3) is 0.0930. The van der Waals surface area contributed by atoms with Crippen LogP contribution in [0.1, 0.15) is 80.1 Å². The molecule has 13 aromatic carbocycles. The summed E-state index contributed by atoms with van der Waals surface area (Å²) in [6.07, 6.45) is 0. The molecule has 5 nitrogen and oxygen atoms in total. The summed E-state index contributed by atoms with van der Waals surface area (Å²) >= 11 is 0. The Kier molecular flexibility index (Phi) is 8.17. The van der Waals surface area contributed by atoms with Crippen LogP contribution in [-0.2, 0) is 10.8 Å². The van der Waals surface area contributed by atoms with Gasteiger partial charge < -0.3 is 23.4 Å². The van der Waals surface area contributed by atoms with Gasteiger partial charge in [0.2, 0.25) is 0 Å². The van der Waals surface area contributed by atoms with Crippen molar-refractivity contribution in [3.63, 3.8) is 0 Å². The molecule has 0 aliphatic carbocycles. The van der Waals surface area contributed by atoms with Gasteiger partial charge in [0.15, 0.2) is 0 Å². The van der Waals surface area contributed by atoms with E-state index in [1.54, 1.807) is 6.07 Å². The van der Waals surface area contributed by atoms with E-state index >= 15 is 0 Å². The standard InChI is InChI=1S/C86H65BN4O/c1-85(2,3)58-38-44-76(67(50-58)54-23-9-7-10-24-54)90-78-52-60(88-72-32-18-13-27-62(72)63-28-14-19-33-73(63)88)40-42-70(78)87-71-43-41-61(89-74-34-20-15-29-64(74)65-30-16-21-35-75(65)89)53-79(71)91(77-45-39-59(86(4,5)6)51-68(77)55-25-11-8-12-26-55)81-49-57(48-80(90)84(81)87)56-37-46-83-69(47-56)66-31-17-22-36-82(66)92-83/h7-53H,1-6H3/i13D,14D,15D,16D,18D,19D,20D,21D,27D,28D,29D,30D,32D,33D,34D,35D,40D,42D,43D,52D. The lowest BCUT2D eigenvalue weighted by Crippen LogP contribution is -2.61. The third-order valence-corrected chi connectivity index (χ3v) is 18.3. The summed E-state index contributed by atoms with van der Waals surface area (Å²) in [5.41, 5.74) is 7.43. The number of aromatic nitrogens is 2. The Hall–Kier alpha value is -11.1. The van der Waals surface area contributed by atoms with Crippen molar-refractivity contribution in [2.45, 2.75) is 52.4 Å². The highest BCUT2D eigenvalue weighted by Gasteiger charge is 2.45. The number of para-hydroxylation sites is 5. The first-order chi connectivity index (χ1) is 53.2. The van der Waals surface area contributed by atoms with Gasteiger partial charge in [0.1, 0.15) is 11.2 Å². The Labute approximate surface area is 564 Å². The van der Waals surface area contributed by atoms with Crippen LogP contribution in [0.5, 0.6) is 0 Å². The quantitative estimate of drug-likeness (QED) is 0.149. The van der Waals surface area contributed by atoms with E-state index in [9.17, 15) is 21.9 Å². The largest absolute Gasteiger partial charge is 0.456 e. The third kappa shape index (κ3) is 8.26. The lowest BCUT2D eigenvalue weighted by atomic mass is 9.33. The second-order valence-corrected chi connectivity index (χ2v) is 25.7. The highest BCUT2D eigenvalue weighted by Crippen LogP contribution is 2.52. The molecule has 18 rings (SSSR count). The molecular weight excluding hydrogens is 1120 g/mol. The lowest BCUT2D eigenvalue weighted by molar-refractivity contribution is 0.590. The maximum absolute atomic E-state index is 11.5. The van der Waals surface area contributed by atoms with Crippen LogP contribution in [0.2, 0.25) is 0 Å². The lowest BCUT2D eigenvalue weighted by Gasteiger charge is -2.45. The molecule has 3 aromatic heterocycles. The second-order valence-electron chi connectivity index (χ2n) is 25.7. The molecule has 0 fully saturated rings. The van der Waals surface area contributed by atoms with Gasteiger partial charge in [0.05, 0.1) is 60.9 Å². The Morgan fingerprint density at radius 2 is 0.815 bits per heavy atom. The number of anilines is 6. The van der Waals surface area contributed by atoms with E-state index in [-0.39, 0.29) is 77.6 Å². The average molecular weight is 1200 g/mol. The first-order valence-electron chi connectivity index (χ1n) is 40.6. The van der Waals surface area contributed by atoms with Gasteiger partial charge in [-0.3, -0.25) is 0 Å². The number of fused-ring (bicyclic) bond motifs is 13. The van der Waals surface area contributed by atoms with Crippen molar-refractivity contribution >= 4 is 123 Å². The highest BCUT2D eigenvalue weighted by atomic mass is 16.3. The van der Waals surface area contributed by atoms with E-state index in [1.807, 2.05) is 149 Å². The van der Waals surface area contributed by atoms with Crippen molar-refractivity contribution in [3.8, 4) is 44.8 Å². The van der Waals surface area contributed by atoms with E-state index in [4.69, 9.17) is 9.90 Å². The maximum atomic E-state index is 11.5. The molecule has 438 valence electrons. The van der Waals surface area contributed by atoms with Gasteiger partial charge in [-0.2, -0.15) is 0 Å². The van der Waals surface area contributed by atoms with Crippen molar-refractivity contribution in [3.05, 3.63) is 296 Å². The maximum Gasteiger partial charge on any atom is 0.252 e. The van der Waals surface area contributed by atoms with Crippen LogP contribution < -0.4 is 26.2 Å². The van der Waals surface area contributed by atoms with Gasteiger partial charge >= 0.3 is 0 Å². The molecule has 5 heterocycles. The molecule has 92 heavy (non-hydrogen) atoms. The molecule has 0 radical (unpaired) electrons. The Bertz CT molecular complexity index is 6790. The van der Waals surface area contributed by atoms with Gasteiger partial charge in [0.25, 0.3) is 6.71 Å². The number of nitrogens with zero attached hydrogens (tertiary/aromatic N) is 4. The topological polar surface area (TPSA) is 29.5 Å². The summed E-state index contributed by atoms with van der Waals surface area (Å²) in [6.45, 7) is 11.2. The van der Waals surface area contributed by atoms with Crippen LogP contribution in [0.4, 0.5) is 34.1 Å². The zero-order chi connectivity index (χ0) is 79.1. The minimum atomic E-state index is -1.36. The first kappa shape index (κ1) is 37.2. The summed E-state index contributed by atoms with van der Waals surface area (Å²) < 4.78 is 203. The smallest absolute Gasteiger partial charge is 0.252 e. The molecular formula is C86H65BN4O. The molecule has 2 aliphatic heterocycles. The van der Waals surface area contributed by atoms with Gasteiger partial charge in [-0.15, -0.1) is 0 Å². The summed E-state index contributed by atoms with van der Waals surface area (Å²) in [5.74, 6) is 0. The molecule has 6 heteroatoms. The Balaban J connectivity index is 1.08. The number of hydrogen-bond donors (Lipinski definition) is 0. The Morgan fingerprint density at radius 3 is 1.36 bits per heavy atom. The first-order valence-corrected chi connectivity index (χ1v) is 30.6. The van der Waals surface area contributed by atoms with Crippen molar-refractivity contribution in [2.24, 2.45) is 0 Å². The van der Waals surface area contributed by atoms with Crippen molar-refractivity contribution in [1.29, 1.82) is 0 Å². The van der Waals surface area contributed by atoms with Crippen LogP contribution in [0.25, 0.3) is 110 Å². The van der Waals surface area contributed by atoms with Gasteiger partial charge in [-0.25, -0.2) is 0 Å². The van der Waals surface area contributed by atoms with Crippen LogP contribution in [-0.4, -0.2) is 15.8 Å². The van der Waals surface area contributed by atoms with Gasteiger partial charge in [-0.05, 0) is 164 Å². The SMILES string of the molecule is [2H]c1cc(-n2c3c([2H])c([2H])c([2H])c([2H])c3c3c([2H])c([2H])c([2H])c([2H])c32)cc2c1B1c3c(cc(-c4ccc5oc6ccccc6c5c4)cc3N(c3ccc(C(C)(C)C)cc3-c3ccccc3)c3c([2H])c(-n4c5c([2H])c([2H])c([2H])c([2H])c5c5c([2H])c([2H])c([2H])c([2H])c54)c([2H])c([2H])c31)N2c1ccc(C(C)(C)C)cc1-c1ccccc1. The predicted molar refractivity (Wildman–Crippen MR) is 390 cm³/mol. The van der Waals surface area contributed by atoms with E-state index in [2.05, 4.69) is 53.7 Å². The van der Waals surface area contributed by atoms with Crippen molar-refractivity contribution in [2.75, 3.05) is 9.80 Å². The number of hydrogen-bond acceptors (Lipinski definition) is 3. The summed E-state index contributed by atoms with van der Waals surface area (Å²) in [4.78, 5) is 3.91. The Morgan fingerprint density at radius 1 is 0.337 bits per heavy atom. The van der Waals surface area contributed by atoms with Gasteiger partial charge in [-0.1, -0.05) is 223 Å². The normalized spacial score (nSPS) is 16.1. The molecule has 0 spiro atoms. The van der Waals surface area contributed by atoms with Crippen LogP contribution in [0, 0.1) is 0 Å². The predicted octanol–water partition coefficient (Wildman–Crippen LogP) is 21.5. The second kappa shape index (κ2) is 20.2. The molecule has 0 atom stereocenters. The highest BCUT2D eigenvalue weighted by molar-refractivity contribution is 7.00. The zero-order valence-corrected chi connectivity index (χ0v) is 50.9. The molecule has 0 amide bonds. The monoisotopic (exact) mass is 1200 g/mol. The number of furan rings is 1. The van der Waals surface area contributed by atoms with E-state index in [0.29, 0.717) is 61.6 Å². The summed E-state index contributed by atoms with van der Waals surface area (Å²) in [6, 6.07) is 39.9. The minimum Gasteiger partial charge on any atom is -0.456 e. The minimum absolute atomic E-state index is 0.00336. The fourth-order valence-corrected chi connectivity index (χ4v) is 13.9. The number of benzene rings is 13. The van der Waals surface area contributed by atoms with E-state index in [0.717, 1.165) is 37.6 Å². The number of rotatable bonds is 7. The van der Waals surface area contributed by atoms with Gasteiger partial charge in [0, 0.05) is 77.6 Å². The van der Waals surface area contributed by atoms with Crippen molar-refractivity contribution in [1.82, 2.24) is 9.13 Å². The van der Waals surface area contributed by atoms with Crippen LogP contribution >= 0.6 is 0 Å². The average Bonchev–Trinajstić information content (AvgIpc) is 0.892. The summed E-state index contributed by atoms with van der Waals surface area (Å²) in [5, 5.41) is 0.606. The summed E-state index contributed by atoms with van der Waals surface area (Å²) in [7, 11) is 0. The molecule has 16 aromatic rings.